The summed E-state index contributed by atoms with van der Waals surface area (Å²) in [6.45, 7) is 7.94. The molecule has 3 aromatic carbocycles. The zero-order valence-electron chi connectivity index (χ0n) is 20.5. The van der Waals surface area contributed by atoms with Crippen LogP contribution < -0.4 is 24.8 Å². The number of amides is 1. The van der Waals surface area contributed by atoms with Gasteiger partial charge in [0.2, 0.25) is 0 Å². The molecule has 0 aliphatic rings. The Morgan fingerprint density at radius 1 is 1.03 bits per heavy atom. The standard InChI is InChI=1S/C30H25N3O3S/c1-4-17-36-25-15-9-22(10-16-25)18-27-29(35)33(24-13-7-21(3)8-14-24)30(37-27)26(19-31)28(34)32-23-11-5-20(2)6-12-23/h4-16,18H,1,17H2,2-3H3,(H,32,34). The van der Waals surface area contributed by atoms with Crippen LogP contribution in [0.1, 0.15) is 16.7 Å². The summed E-state index contributed by atoms with van der Waals surface area (Å²) in [4.78, 5) is 26.7. The molecule has 0 aliphatic carbocycles. The van der Waals surface area contributed by atoms with Crippen molar-refractivity contribution in [2.75, 3.05) is 11.9 Å². The number of hydrogen-bond donors (Lipinski definition) is 1. The smallest absolute Gasteiger partial charge is 0.273 e. The topological polar surface area (TPSA) is 84.1 Å². The summed E-state index contributed by atoms with van der Waals surface area (Å²) in [5.74, 6) is 0.109. The fraction of sp³-hybridized carbons (Fsp3) is 0.100. The fourth-order valence-electron chi connectivity index (χ4n) is 3.57. The van der Waals surface area contributed by atoms with E-state index < -0.39 is 5.91 Å². The molecule has 37 heavy (non-hydrogen) atoms. The molecular formula is C30H25N3O3S. The van der Waals surface area contributed by atoms with Crippen LogP contribution in [0.4, 0.5) is 5.69 Å². The predicted molar refractivity (Wildman–Crippen MR) is 148 cm³/mol. The van der Waals surface area contributed by atoms with Crippen molar-refractivity contribution in [1.29, 1.82) is 5.26 Å². The van der Waals surface area contributed by atoms with Gasteiger partial charge in [-0.05, 0) is 61.9 Å². The van der Waals surface area contributed by atoms with Crippen molar-refractivity contribution in [3.63, 3.8) is 0 Å². The van der Waals surface area contributed by atoms with Crippen molar-refractivity contribution < 1.29 is 9.53 Å². The van der Waals surface area contributed by atoms with Gasteiger partial charge in [-0.2, -0.15) is 5.26 Å². The van der Waals surface area contributed by atoms with E-state index in [1.807, 2.05) is 68.4 Å². The van der Waals surface area contributed by atoms with E-state index in [4.69, 9.17) is 4.74 Å². The van der Waals surface area contributed by atoms with Gasteiger partial charge >= 0.3 is 0 Å². The molecule has 0 spiro atoms. The molecule has 4 rings (SSSR count). The van der Waals surface area contributed by atoms with Gasteiger partial charge in [0.25, 0.3) is 11.5 Å². The highest BCUT2D eigenvalue weighted by Gasteiger charge is 2.17. The number of nitrogens with one attached hydrogen (secondary N) is 1. The quantitative estimate of drug-likeness (QED) is 0.380. The number of aromatic nitrogens is 1. The number of ether oxygens (including phenoxy) is 1. The molecule has 0 saturated carbocycles. The van der Waals surface area contributed by atoms with Crippen molar-refractivity contribution in [2.45, 2.75) is 13.8 Å². The first-order valence-electron chi connectivity index (χ1n) is 11.6. The van der Waals surface area contributed by atoms with Crippen LogP contribution in [0.2, 0.25) is 0 Å². The van der Waals surface area contributed by atoms with Gasteiger partial charge in [-0.3, -0.25) is 14.2 Å². The zero-order valence-corrected chi connectivity index (χ0v) is 21.3. The monoisotopic (exact) mass is 507 g/mol. The van der Waals surface area contributed by atoms with Crippen LogP contribution in [0.3, 0.4) is 0 Å². The van der Waals surface area contributed by atoms with Crippen LogP contribution in [0, 0.1) is 25.2 Å². The molecule has 6 nitrogen and oxygen atoms in total. The Kier molecular flexibility index (Phi) is 7.82. The SMILES string of the molecule is C=CCOc1ccc(C=c2sc(=C(C#N)C(=O)Nc3ccc(C)cc3)n(-c3ccc(C)cc3)c2=O)cc1. The van der Waals surface area contributed by atoms with E-state index in [2.05, 4.69) is 11.9 Å². The van der Waals surface area contributed by atoms with E-state index in [9.17, 15) is 14.9 Å². The first kappa shape index (κ1) is 25.4. The molecule has 0 saturated heterocycles. The second kappa shape index (κ2) is 11.4. The average molecular weight is 508 g/mol. The molecule has 1 N–H and O–H groups in total. The van der Waals surface area contributed by atoms with Crippen LogP contribution in [0.5, 0.6) is 5.75 Å². The molecule has 4 aromatic rings. The van der Waals surface area contributed by atoms with Gasteiger partial charge in [0.05, 0.1) is 10.2 Å². The summed E-state index contributed by atoms with van der Waals surface area (Å²) in [5.41, 5.74) is 3.55. The summed E-state index contributed by atoms with van der Waals surface area (Å²) in [6, 6.07) is 24.0. The van der Waals surface area contributed by atoms with Crippen LogP contribution in [0.15, 0.2) is 90.2 Å². The number of benzene rings is 3. The minimum absolute atomic E-state index is 0.143. The summed E-state index contributed by atoms with van der Waals surface area (Å²) in [7, 11) is 0. The maximum Gasteiger partial charge on any atom is 0.273 e. The van der Waals surface area contributed by atoms with E-state index >= 15 is 0 Å². The Bertz CT molecular complexity index is 1660. The second-order valence-electron chi connectivity index (χ2n) is 8.37. The van der Waals surface area contributed by atoms with Crippen molar-refractivity contribution in [3.8, 4) is 17.5 Å². The van der Waals surface area contributed by atoms with E-state index in [1.165, 1.54) is 4.57 Å². The maximum absolute atomic E-state index is 13.6. The number of nitrogens with zero attached hydrogens (tertiary/aromatic N) is 2. The van der Waals surface area contributed by atoms with Gasteiger partial charge in [0.15, 0.2) is 5.57 Å². The Hall–Kier alpha value is -4.67. The van der Waals surface area contributed by atoms with Gasteiger partial charge < -0.3 is 10.1 Å². The summed E-state index contributed by atoms with van der Waals surface area (Å²) < 4.78 is 7.60. The van der Waals surface area contributed by atoms with Gasteiger partial charge in [-0.15, -0.1) is 11.3 Å². The molecule has 0 atom stereocenters. The van der Waals surface area contributed by atoms with Crippen molar-refractivity contribution in [3.05, 3.63) is 122 Å². The molecule has 7 heteroatoms. The van der Waals surface area contributed by atoms with E-state index in [1.54, 1.807) is 36.4 Å². The Labute approximate surface area is 218 Å². The molecule has 0 fully saturated rings. The van der Waals surface area contributed by atoms with E-state index in [-0.39, 0.29) is 15.8 Å². The predicted octanol–water partition coefficient (Wildman–Crippen LogP) is 4.22. The molecule has 1 amide bonds. The van der Waals surface area contributed by atoms with Crippen LogP contribution in [-0.2, 0) is 4.79 Å². The highest BCUT2D eigenvalue weighted by molar-refractivity contribution is 7.07. The third-order valence-electron chi connectivity index (χ3n) is 5.52. The van der Waals surface area contributed by atoms with Gasteiger partial charge in [-0.25, -0.2) is 0 Å². The van der Waals surface area contributed by atoms with Crippen LogP contribution >= 0.6 is 11.3 Å². The number of carbonyl (C=O) groups excluding carboxylic acids is 1. The Morgan fingerprint density at radius 3 is 2.24 bits per heavy atom. The number of nitriles is 1. The highest BCUT2D eigenvalue weighted by Crippen LogP contribution is 2.14. The molecule has 1 aromatic heterocycles. The second-order valence-corrected chi connectivity index (χ2v) is 9.40. The Morgan fingerprint density at radius 2 is 1.65 bits per heavy atom. The number of carbonyl (C=O) groups is 1. The molecule has 184 valence electrons. The lowest BCUT2D eigenvalue weighted by Crippen LogP contribution is -2.32. The normalized spacial score (nSPS) is 12.0. The Balaban J connectivity index is 1.87. The van der Waals surface area contributed by atoms with Crippen molar-refractivity contribution >= 4 is 34.6 Å². The first-order chi connectivity index (χ1) is 17.9. The molecule has 0 unspecified atom stereocenters. The number of thiazole rings is 1. The third kappa shape index (κ3) is 5.95. The number of aryl methyl sites for hydroxylation is 2. The minimum atomic E-state index is -0.580. The molecule has 0 aliphatic heterocycles. The minimum Gasteiger partial charge on any atom is -0.490 e. The zero-order chi connectivity index (χ0) is 26.4. The fourth-order valence-corrected chi connectivity index (χ4v) is 4.67. The summed E-state index contributed by atoms with van der Waals surface area (Å²) >= 11 is 1.10. The molecule has 0 bridgehead atoms. The van der Waals surface area contributed by atoms with Crippen molar-refractivity contribution in [1.82, 2.24) is 4.57 Å². The summed E-state index contributed by atoms with van der Waals surface area (Å²) in [6.07, 6.45) is 3.41. The lowest BCUT2D eigenvalue weighted by Gasteiger charge is -2.06. The molecular weight excluding hydrogens is 482 g/mol. The first-order valence-corrected chi connectivity index (χ1v) is 12.4. The highest BCUT2D eigenvalue weighted by atomic mass is 32.1. The maximum atomic E-state index is 13.6. The molecule has 1 heterocycles. The lowest BCUT2D eigenvalue weighted by molar-refractivity contribution is -0.111. The van der Waals surface area contributed by atoms with Crippen LogP contribution in [0.25, 0.3) is 17.3 Å². The average Bonchev–Trinajstić information content (AvgIpc) is 3.21. The largest absolute Gasteiger partial charge is 0.490 e. The van der Waals surface area contributed by atoms with E-state index in [0.717, 1.165) is 28.0 Å². The number of anilines is 1. The van der Waals surface area contributed by atoms with Gasteiger partial charge in [0.1, 0.15) is 23.1 Å². The van der Waals surface area contributed by atoms with Gasteiger partial charge in [-0.1, -0.05) is 60.2 Å². The third-order valence-corrected chi connectivity index (χ3v) is 6.62. The van der Waals surface area contributed by atoms with Crippen LogP contribution in [-0.4, -0.2) is 17.1 Å². The number of rotatable bonds is 7. The lowest BCUT2D eigenvalue weighted by atomic mass is 10.2. The molecule has 0 radical (unpaired) electrons. The van der Waals surface area contributed by atoms with E-state index in [0.29, 0.717) is 28.3 Å². The summed E-state index contributed by atoms with van der Waals surface area (Å²) in [5, 5.41) is 12.8. The van der Waals surface area contributed by atoms with Crippen molar-refractivity contribution in [2.24, 2.45) is 0 Å². The number of hydrogen-bond acceptors (Lipinski definition) is 5. The van der Waals surface area contributed by atoms with Gasteiger partial charge in [0, 0.05) is 5.69 Å².